The van der Waals surface area contributed by atoms with Crippen LogP contribution in [0.4, 0.5) is 0 Å². The molecule has 0 radical (unpaired) electrons. The third-order valence-corrected chi connectivity index (χ3v) is 4.05. The van der Waals surface area contributed by atoms with E-state index < -0.39 is 0 Å². The SMILES string of the molecule is CCNCCCC(C)N1CCC(C(C)C)C1. The van der Waals surface area contributed by atoms with Crippen LogP contribution in [0.2, 0.25) is 0 Å². The average molecular weight is 226 g/mol. The molecular formula is C14H30N2. The first-order chi connectivity index (χ1) is 7.65. The van der Waals surface area contributed by atoms with Crippen LogP contribution in [0.25, 0.3) is 0 Å². The Labute approximate surface area is 102 Å². The molecule has 1 saturated heterocycles. The van der Waals surface area contributed by atoms with Crippen LogP contribution in [0.1, 0.15) is 47.0 Å². The average Bonchev–Trinajstić information content (AvgIpc) is 2.73. The summed E-state index contributed by atoms with van der Waals surface area (Å²) in [5, 5.41) is 3.40. The van der Waals surface area contributed by atoms with Gasteiger partial charge in [0.25, 0.3) is 0 Å². The smallest absolute Gasteiger partial charge is 0.00675 e. The third-order valence-electron chi connectivity index (χ3n) is 4.05. The van der Waals surface area contributed by atoms with E-state index in [2.05, 4.69) is 37.9 Å². The molecule has 1 aliphatic heterocycles. The molecule has 1 N–H and O–H groups in total. The van der Waals surface area contributed by atoms with Crippen LogP contribution in [-0.2, 0) is 0 Å². The van der Waals surface area contributed by atoms with Crippen molar-refractivity contribution in [2.45, 2.75) is 53.0 Å². The first-order valence-corrected chi connectivity index (χ1v) is 7.09. The molecule has 1 heterocycles. The molecule has 2 heteroatoms. The second-order valence-electron chi connectivity index (χ2n) is 5.63. The van der Waals surface area contributed by atoms with Crippen LogP contribution in [0.15, 0.2) is 0 Å². The van der Waals surface area contributed by atoms with Gasteiger partial charge < -0.3 is 10.2 Å². The fourth-order valence-electron chi connectivity index (χ4n) is 2.64. The molecule has 0 aromatic heterocycles. The summed E-state index contributed by atoms with van der Waals surface area (Å²) in [6.07, 6.45) is 4.07. The Balaban J connectivity index is 2.15. The molecule has 1 fully saturated rings. The molecule has 2 nitrogen and oxygen atoms in total. The van der Waals surface area contributed by atoms with E-state index in [9.17, 15) is 0 Å². The van der Waals surface area contributed by atoms with Crippen molar-refractivity contribution in [1.82, 2.24) is 10.2 Å². The summed E-state index contributed by atoms with van der Waals surface area (Å²) >= 11 is 0. The molecule has 0 aliphatic carbocycles. The number of rotatable bonds is 7. The summed E-state index contributed by atoms with van der Waals surface area (Å²) < 4.78 is 0. The normalized spacial score (nSPS) is 24.2. The standard InChI is InChI=1S/C14H30N2/c1-5-15-9-6-7-13(4)16-10-8-14(11-16)12(2)3/h12-15H,5-11H2,1-4H3. The maximum absolute atomic E-state index is 3.40. The molecule has 1 aliphatic rings. The number of likely N-dealkylation sites (tertiary alicyclic amines) is 1. The lowest BCUT2D eigenvalue weighted by atomic mass is 9.95. The zero-order chi connectivity index (χ0) is 12.0. The zero-order valence-corrected chi connectivity index (χ0v) is 11.6. The monoisotopic (exact) mass is 226 g/mol. The van der Waals surface area contributed by atoms with Crippen LogP contribution >= 0.6 is 0 Å². The van der Waals surface area contributed by atoms with Crippen molar-refractivity contribution in [2.75, 3.05) is 26.2 Å². The zero-order valence-electron chi connectivity index (χ0n) is 11.6. The second-order valence-corrected chi connectivity index (χ2v) is 5.63. The Morgan fingerprint density at radius 1 is 1.31 bits per heavy atom. The lowest BCUT2D eigenvalue weighted by molar-refractivity contribution is 0.226. The van der Waals surface area contributed by atoms with Crippen molar-refractivity contribution in [3.8, 4) is 0 Å². The van der Waals surface area contributed by atoms with E-state index in [-0.39, 0.29) is 0 Å². The molecular weight excluding hydrogens is 196 g/mol. The minimum absolute atomic E-state index is 0.780. The van der Waals surface area contributed by atoms with Crippen LogP contribution in [0.3, 0.4) is 0 Å². The van der Waals surface area contributed by atoms with Crippen molar-refractivity contribution in [3.05, 3.63) is 0 Å². The van der Waals surface area contributed by atoms with E-state index in [1.54, 1.807) is 0 Å². The number of nitrogens with zero attached hydrogens (tertiary/aromatic N) is 1. The predicted octanol–water partition coefficient (Wildman–Crippen LogP) is 2.74. The minimum atomic E-state index is 0.780. The Bertz CT molecular complexity index is 180. The summed E-state index contributed by atoms with van der Waals surface area (Å²) in [6.45, 7) is 14.3. The molecule has 0 aromatic rings. The summed E-state index contributed by atoms with van der Waals surface area (Å²) in [7, 11) is 0. The van der Waals surface area contributed by atoms with Gasteiger partial charge in [-0.25, -0.2) is 0 Å². The van der Waals surface area contributed by atoms with Gasteiger partial charge in [0, 0.05) is 12.6 Å². The molecule has 2 atom stereocenters. The van der Waals surface area contributed by atoms with Gasteiger partial charge in [0.15, 0.2) is 0 Å². The lowest BCUT2D eigenvalue weighted by Crippen LogP contribution is -2.32. The topological polar surface area (TPSA) is 15.3 Å². The van der Waals surface area contributed by atoms with Crippen molar-refractivity contribution in [3.63, 3.8) is 0 Å². The fourth-order valence-corrected chi connectivity index (χ4v) is 2.64. The fraction of sp³-hybridized carbons (Fsp3) is 1.00. The van der Waals surface area contributed by atoms with Gasteiger partial charge >= 0.3 is 0 Å². The molecule has 0 saturated carbocycles. The molecule has 1 rings (SSSR count). The lowest BCUT2D eigenvalue weighted by Gasteiger charge is -2.25. The maximum atomic E-state index is 3.40. The quantitative estimate of drug-likeness (QED) is 0.672. The van der Waals surface area contributed by atoms with Crippen LogP contribution in [0.5, 0.6) is 0 Å². The molecule has 0 bridgehead atoms. The van der Waals surface area contributed by atoms with Gasteiger partial charge in [0.05, 0.1) is 0 Å². The molecule has 2 unspecified atom stereocenters. The van der Waals surface area contributed by atoms with Crippen molar-refractivity contribution < 1.29 is 0 Å². The summed E-state index contributed by atoms with van der Waals surface area (Å²) in [6, 6.07) is 0.780. The highest BCUT2D eigenvalue weighted by Gasteiger charge is 2.27. The van der Waals surface area contributed by atoms with Gasteiger partial charge in [-0.15, -0.1) is 0 Å². The molecule has 0 aromatic carbocycles. The molecule has 0 spiro atoms. The Morgan fingerprint density at radius 3 is 2.62 bits per heavy atom. The highest BCUT2D eigenvalue weighted by molar-refractivity contribution is 4.81. The minimum Gasteiger partial charge on any atom is -0.317 e. The predicted molar refractivity (Wildman–Crippen MR) is 71.8 cm³/mol. The van der Waals surface area contributed by atoms with Crippen LogP contribution < -0.4 is 5.32 Å². The number of hydrogen-bond donors (Lipinski definition) is 1. The van der Waals surface area contributed by atoms with Crippen molar-refractivity contribution >= 4 is 0 Å². The van der Waals surface area contributed by atoms with E-state index in [0.29, 0.717) is 0 Å². The maximum Gasteiger partial charge on any atom is 0.00675 e. The van der Waals surface area contributed by atoms with Crippen LogP contribution in [-0.4, -0.2) is 37.1 Å². The van der Waals surface area contributed by atoms with E-state index in [4.69, 9.17) is 0 Å². The number of hydrogen-bond acceptors (Lipinski definition) is 2. The summed E-state index contributed by atoms with van der Waals surface area (Å²) in [4.78, 5) is 2.69. The van der Waals surface area contributed by atoms with Crippen LogP contribution in [0, 0.1) is 11.8 Å². The Hall–Kier alpha value is -0.0800. The molecule has 16 heavy (non-hydrogen) atoms. The second kappa shape index (κ2) is 7.29. The largest absolute Gasteiger partial charge is 0.317 e. The molecule has 0 amide bonds. The van der Waals surface area contributed by atoms with E-state index in [1.165, 1.54) is 38.9 Å². The van der Waals surface area contributed by atoms with Gasteiger partial charge in [0.1, 0.15) is 0 Å². The van der Waals surface area contributed by atoms with E-state index >= 15 is 0 Å². The Morgan fingerprint density at radius 2 is 2.06 bits per heavy atom. The van der Waals surface area contributed by atoms with Gasteiger partial charge in [0.2, 0.25) is 0 Å². The first kappa shape index (κ1) is 14.0. The highest BCUT2D eigenvalue weighted by Crippen LogP contribution is 2.25. The van der Waals surface area contributed by atoms with E-state index in [0.717, 1.165) is 24.4 Å². The third kappa shape index (κ3) is 4.42. The van der Waals surface area contributed by atoms with Gasteiger partial charge in [-0.1, -0.05) is 20.8 Å². The summed E-state index contributed by atoms with van der Waals surface area (Å²) in [5.74, 6) is 1.80. The molecule has 96 valence electrons. The summed E-state index contributed by atoms with van der Waals surface area (Å²) in [5.41, 5.74) is 0. The van der Waals surface area contributed by atoms with E-state index in [1.807, 2.05) is 0 Å². The number of nitrogens with one attached hydrogen (secondary N) is 1. The van der Waals surface area contributed by atoms with Gasteiger partial charge in [-0.2, -0.15) is 0 Å². The van der Waals surface area contributed by atoms with Crippen molar-refractivity contribution in [2.24, 2.45) is 11.8 Å². The highest BCUT2D eigenvalue weighted by atomic mass is 15.2. The Kier molecular flexibility index (Phi) is 6.37. The van der Waals surface area contributed by atoms with Crippen molar-refractivity contribution in [1.29, 1.82) is 0 Å². The van der Waals surface area contributed by atoms with Gasteiger partial charge in [-0.05, 0) is 57.7 Å². The first-order valence-electron chi connectivity index (χ1n) is 7.09. The van der Waals surface area contributed by atoms with Gasteiger partial charge in [-0.3, -0.25) is 0 Å².